The number of hydrogen-bond acceptors (Lipinski definition) is 2. The van der Waals surface area contributed by atoms with Crippen molar-refractivity contribution in [2.45, 2.75) is 0 Å². The fourth-order valence-corrected chi connectivity index (χ4v) is 4.16. The van der Waals surface area contributed by atoms with Crippen molar-refractivity contribution in [1.29, 1.82) is 0 Å². The van der Waals surface area contributed by atoms with Crippen molar-refractivity contribution in [1.82, 2.24) is 4.67 Å². The fraction of sp³-hybridized carbons (Fsp3) is 0.750. The Kier molecular flexibility index (Phi) is 2.35. The second kappa shape index (κ2) is 3.33. The summed E-state index contributed by atoms with van der Waals surface area (Å²) in [6.45, 7) is 3.17. The highest BCUT2D eigenvalue weighted by atomic mass is 31.2. The van der Waals surface area contributed by atoms with Crippen LogP contribution in [-0.4, -0.2) is 43.3 Å². The van der Waals surface area contributed by atoms with E-state index >= 15 is 0 Å². The standard InChI is InChI=1S/C8H14NO2P/c10-12(7-1-2-8-12)9-3-5-11-6-4-9/h1-2H,3-8H2. The van der Waals surface area contributed by atoms with Gasteiger partial charge in [0.25, 0.3) is 0 Å². The maximum atomic E-state index is 12.2. The number of rotatable bonds is 1. The molecule has 1 saturated heterocycles. The Balaban J connectivity index is 2.02. The van der Waals surface area contributed by atoms with Gasteiger partial charge in [-0.15, -0.1) is 0 Å². The molecule has 0 aromatic carbocycles. The van der Waals surface area contributed by atoms with Crippen LogP contribution in [0.1, 0.15) is 0 Å². The highest BCUT2D eigenvalue weighted by molar-refractivity contribution is 7.62. The summed E-state index contributed by atoms with van der Waals surface area (Å²) in [5.74, 6) is 0. The second-order valence-electron chi connectivity index (χ2n) is 3.25. The van der Waals surface area contributed by atoms with Crippen LogP contribution in [0.2, 0.25) is 0 Å². The monoisotopic (exact) mass is 187 g/mol. The van der Waals surface area contributed by atoms with Crippen LogP contribution in [0.15, 0.2) is 12.2 Å². The summed E-state index contributed by atoms with van der Waals surface area (Å²) in [6.07, 6.45) is 5.62. The van der Waals surface area contributed by atoms with E-state index in [-0.39, 0.29) is 0 Å². The van der Waals surface area contributed by atoms with Gasteiger partial charge in [0.2, 0.25) is 0 Å². The van der Waals surface area contributed by atoms with Crippen LogP contribution >= 0.6 is 7.29 Å². The first kappa shape index (κ1) is 8.49. The highest BCUT2D eigenvalue weighted by Crippen LogP contribution is 2.52. The Bertz CT molecular complexity index is 221. The van der Waals surface area contributed by atoms with Gasteiger partial charge in [-0.1, -0.05) is 12.2 Å². The molecule has 2 aliphatic heterocycles. The molecule has 2 aliphatic rings. The van der Waals surface area contributed by atoms with Crippen molar-refractivity contribution in [2.75, 3.05) is 38.6 Å². The first-order valence-electron chi connectivity index (χ1n) is 4.37. The predicted octanol–water partition coefficient (Wildman–Crippen LogP) is 1.17. The van der Waals surface area contributed by atoms with Crippen LogP contribution in [0.3, 0.4) is 0 Å². The van der Waals surface area contributed by atoms with Crippen LogP contribution in [0.5, 0.6) is 0 Å². The van der Waals surface area contributed by atoms with Crippen LogP contribution in [0, 0.1) is 0 Å². The van der Waals surface area contributed by atoms with Gasteiger partial charge in [0.1, 0.15) is 0 Å². The first-order chi connectivity index (χ1) is 5.81. The van der Waals surface area contributed by atoms with E-state index in [1.807, 2.05) is 12.2 Å². The molecule has 68 valence electrons. The zero-order chi connectivity index (χ0) is 8.44. The van der Waals surface area contributed by atoms with Gasteiger partial charge in [-0.3, -0.25) is 0 Å². The molecule has 0 atom stereocenters. The van der Waals surface area contributed by atoms with Crippen molar-refractivity contribution in [3.05, 3.63) is 12.2 Å². The van der Waals surface area contributed by atoms with Gasteiger partial charge in [0.15, 0.2) is 7.29 Å². The third-order valence-corrected chi connectivity index (χ3v) is 5.44. The average molecular weight is 187 g/mol. The summed E-state index contributed by atoms with van der Waals surface area (Å²) in [4.78, 5) is 0. The third-order valence-electron chi connectivity index (χ3n) is 2.45. The molecule has 0 spiro atoms. The van der Waals surface area contributed by atoms with Crippen LogP contribution in [0.25, 0.3) is 0 Å². The number of hydrogen-bond donors (Lipinski definition) is 0. The zero-order valence-electron chi connectivity index (χ0n) is 7.11. The molecule has 0 saturated carbocycles. The molecule has 0 aromatic heterocycles. The lowest BCUT2D eigenvalue weighted by Crippen LogP contribution is -2.34. The summed E-state index contributed by atoms with van der Waals surface area (Å²) in [7, 11) is -2.00. The largest absolute Gasteiger partial charge is 0.379 e. The maximum absolute atomic E-state index is 12.2. The van der Waals surface area contributed by atoms with E-state index in [9.17, 15) is 4.57 Å². The molecule has 0 bridgehead atoms. The van der Waals surface area contributed by atoms with Gasteiger partial charge in [0, 0.05) is 25.4 Å². The summed E-state index contributed by atoms with van der Waals surface area (Å²) >= 11 is 0. The highest BCUT2D eigenvalue weighted by Gasteiger charge is 2.31. The Labute approximate surface area is 72.8 Å². The lowest BCUT2D eigenvalue weighted by Gasteiger charge is -2.31. The van der Waals surface area contributed by atoms with E-state index < -0.39 is 7.29 Å². The molecule has 0 N–H and O–H groups in total. The lowest BCUT2D eigenvalue weighted by atomic mass is 10.5. The minimum absolute atomic E-state index is 0.740. The van der Waals surface area contributed by atoms with Crippen molar-refractivity contribution >= 4 is 7.29 Å². The van der Waals surface area contributed by atoms with Crippen LogP contribution in [0.4, 0.5) is 0 Å². The second-order valence-corrected chi connectivity index (χ2v) is 6.24. The maximum Gasteiger partial charge on any atom is 0.157 e. The molecule has 0 unspecified atom stereocenters. The zero-order valence-corrected chi connectivity index (χ0v) is 8.00. The molecule has 1 fully saturated rings. The Morgan fingerprint density at radius 1 is 1.17 bits per heavy atom. The molecule has 4 heteroatoms. The molecule has 0 aliphatic carbocycles. The Hall–Kier alpha value is -0.110. The summed E-state index contributed by atoms with van der Waals surface area (Å²) in [6, 6.07) is 0. The van der Waals surface area contributed by atoms with Gasteiger partial charge in [0.05, 0.1) is 13.2 Å². The molecule has 0 amide bonds. The Morgan fingerprint density at radius 3 is 2.33 bits per heavy atom. The van der Waals surface area contributed by atoms with Crippen molar-refractivity contribution in [3.8, 4) is 0 Å². The number of morpholine rings is 1. The molecule has 2 rings (SSSR count). The molecular weight excluding hydrogens is 173 g/mol. The molecule has 12 heavy (non-hydrogen) atoms. The molecular formula is C8H14NO2P. The smallest absolute Gasteiger partial charge is 0.157 e. The van der Waals surface area contributed by atoms with Crippen LogP contribution < -0.4 is 0 Å². The van der Waals surface area contributed by atoms with E-state index in [0.29, 0.717) is 0 Å². The molecule has 3 nitrogen and oxygen atoms in total. The Morgan fingerprint density at radius 2 is 1.75 bits per heavy atom. The minimum Gasteiger partial charge on any atom is -0.379 e. The van der Waals surface area contributed by atoms with E-state index in [0.717, 1.165) is 38.6 Å². The molecule has 0 radical (unpaired) electrons. The van der Waals surface area contributed by atoms with E-state index in [1.54, 1.807) is 0 Å². The van der Waals surface area contributed by atoms with E-state index in [1.165, 1.54) is 0 Å². The predicted molar refractivity (Wildman–Crippen MR) is 48.9 cm³/mol. The van der Waals surface area contributed by atoms with Crippen molar-refractivity contribution < 1.29 is 9.30 Å². The first-order valence-corrected chi connectivity index (χ1v) is 6.40. The van der Waals surface area contributed by atoms with Crippen LogP contribution in [-0.2, 0) is 9.30 Å². The summed E-state index contributed by atoms with van der Waals surface area (Å²) in [5.41, 5.74) is 0. The minimum atomic E-state index is -2.00. The average Bonchev–Trinajstić information content (AvgIpc) is 2.55. The fourth-order valence-electron chi connectivity index (χ4n) is 1.70. The third kappa shape index (κ3) is 1.49. The normalized spacial score (nSPS) is 29.3. The number of ether oxygens (including phenoxy) is 1. The van der Waals surface area contributed by atoms with E-state index in [4.69, 9.17) is 4.74 Å². The topological polar surface area (TPSA) is 29.5 Å². The molecule has 0 aromatic rings. The van der Waals surface area contributed by atoms with Gasteiger partial charge in [-0.05, 0) is 0 Å². The molecule has 2 heterocycles. The van der Waals surface area contributed by atoms with Crippen molar-refractivity contribution in [3.63, 3.8) is 0 Å². The summed E-state index contributed by atoms with van der Waals surface area (Å²) < 4.78 is 19.5. The van der Waals surface area contributed by atoms with Gasteiger partial charge < -0.3 is 9.30 Å². The summed E-state index contributed by atoms with van der Waals surface area (Å²) in [5, 5.41) is 0. The number of allylic oxidation sites excluding steroid dienone is 2. The SMILES string of the molecule is O=P1(N2CCOCC2)CC=CC1. The van der Waals surface area contributed by atoms with E-state index in [2.05, 4.69) is 4.67 Å². The lowest BCUT2D eigenvalue weighted by molar-refractivity contribution is 0.0723. The van der Waals surface area contributed by atoms with Gasteiger partial charge >= 0.3 is 0 Å². The van der Waals surface area contributed by atoms with Gasteiger partial charge in [-0.2, -0.15) is 0 Å². The van der Waals surface area contributed by atoms with Crippen molar-refractivity contribution in [2.24, 2.45) is 0 Å². The van der Waals surface area contributed by atoms with Gasteiger partial charge in [-0.25, -0.2) is 4.67 Å². The quantitative estimate of drug-likeness (QED) is 0.456. The number of nitrogens with zero attached hydrogens (tertiary/aromatic N) is 1.